The van der Waals surface area contributed by atoms with Crippen LogP contribution < -0.4 is 10.1 Å². The molecule has 2 rings (SSSR count). The number of hydrogen-bond donors (Lipinski definition) is 1. The number of hydrogen-bond acceptors (Lipinski definition) is 6. The maximum Gasteiger partial charge on any atom is 0.273 e. The van der Waals surface area contributed by atoms with Gasteiger partial charge in [0.05, 0.1) is 11.0 Å². The fraction of sp³-hybridized carbons (Fsp3) is 0.231. The molecule has 0 saturated heterocycles. The molecule has 7 heteroatoms. The van der Waals surface area contributed by atoms with E-state index in [-0.39, 0.29) is 5.69 Å². The van der Waals surface area contributed by atoms with Crippen molar-refractivity contribution in [2.75, 3.05) is 12.4 Å². The zero-order valence-electron chi connectivity index (χ0n) is 11.4. The first-order valence-corrected chi connectivity index (χ1v) is 5.95. The second-order valence-corrected chi connectivity index (χ2v) is 4.24. The minimum Gasteiger partial charge on any atom is -0.438 e. The zero-order valence-corrected chi connectivity index (χ0v) is 11.4. The Morgan fingerprint density at radius 2 is 2.05 bits per heavy atom. The third kappa shape index (κ3) is 2.82. The van der Waals surface area contributed by atoms with Crippen LogP contribution in [-0.2, 0) is 0 Å². The van der Waals surface area contributed by atoms with E-state index in [1.807, 2.05) is 13.8 Å². The van der Waals surface area contributed by atoms with Gasteiger partial charge in [-0.2, -0.15) is 4.98 Å². The number of ether oxygens (including phenoxy) is 1. The lowest BCUT2D eigenvalue weighted by Crippen LogP contribution is -2.00. The van der Waals surface area contributed by atoms with Crippen LogP contribution in [-0.4, -0.2) is 21.9 Å². The SMILES string of the molecule is CNc1ncc(C)c(Oc2cc([N+](=O)[O-])ccc2C)n1. The summed E-state index contributed by atoms with van der Waals surface area (Å²) in [5.74, 6) is 1.20. The van der Waals surface area contributed by atoms with Gasteiger partial charge in [0.25, 0.3) is 5.69 Å². The highest BCUT2D eigenvalue weighted by molar-refractivity contribution is 5.46. The molecule has 0 fully saturated rings. The van der Waals surface area contributed by atoms with E-state index in [1.165, 1.54) is 12.1 Å². The summed E-state index contributed by atoms with van der Waals surface area (Å²) in [4.78, 5) is 18.6. The van der Waals surface area contributed by atoms with Gasteiger partial charge in [0.15, 0.2) is 0 Å². The Bertz CT molecular complexity index is 658. The Labute approximate surface area is 115 Å². The lowest BCUT2D eigenvalue weighted by atomic mass is 10.2. The van der Waals surface area contributed by atoms with Crippen LogP contribution in [0.5, 0.6) is 11.6 Å². The number of rotatable bonds is 4. The van der Waals surface area contributed by atoms with Crippen molar-refractivity contribution in [1.29, 1.82) is 0 Å². The first-order chi connectivity index (χ1) is 9.51. The Morgan fingerprint density at radius 3 is 2.70 bits per heavy atom. The molecule has 1 aromatic carbocycles. The molecule has 1 aromatic heterocycles. The molecule has 0 atom stereocenters. The number of aromatic nitrogens is 2. The van der Waals surface area contributed by atoms with Crippen molar-refractivity contribution >= 4 is 11.6 Å². The molecule has 20 heavy (non-hydrogen) atoms. The zero-order chi connectivity index (χ0) is 14.7. The minimum atomic E-state index is -0.460. The molecule has 1 N–H and O–H groups in total. The molecule has 0 aliphatic carbocycles. The fourth-order valence-electron chi connectivity index (χ4n) is 1.57. The van der Waals surface area contributed by atoms with Gasteiger partial charge in [-0.1, -0.05) is 0 Å². The van der Waals surface area contributed by atoms with Crippen molar-refractivity contribution < 1.29 is 9.66 Å². The molecule has 7 nitrogen and oxygen atoms in total. The summed E-state index contributed by atoms with van der Waals surface area (Å²) in [5.41, 5.74) is 1.51. The summed E-state index contributed by atoms with van der Waals surface area (Å²) in [5, 5.41) is 13.6. The Hall–Kier alpha value is -2.70. The van der Waals surface area contributed by atoms with Crippen LogP contribution in [0.3, 0.4) is 0 Å². The smallest absolute Gasteiger partial charge is 0.273 e. The quantitative estimate of drug-likeness (QED) is 0.681. The third-order valence-corrected chi connectivity index (χ3v) is 2.74. The number of non-ortho nitro benzene ring substituents is 1. The van der Waals surface area contributed by atoms with Crippen LogP contribution in [0.25, 0.3) is 0 Å². The molecule has 0 aliphatic heterocycles. The highest BCUT2D eigenvalue weighted by Crippen LogP contribution is 2.29. The normalized spacial score (nSPS) is 10.2. The van der Waals surface area contributed by atoms with E-state index in [1.54, 1.807) is 19.3 Å². The molecular formula is C13H14N4O3. The monoisotopic (exact) mass is 274 g/mol. The van der Waals surface area contributed by atoms with Crippen molar-refractivity contribution in [3.05, 3.63) is 45.6 Å². The van der Waals surface area contributed by atoms with Gasteiger partial charge in [0.2, 0.25) is 11.8 Å². The number of aryl methyl sites for hydroxylation is 2. The van der Waals surface area contributed by atoms with Crippen molar-refractivity contribution in [3.63, 3.8) is 0 Å². The lowest BCUT2D eigenvalue weighted by Gasteiger charge is -2.10. The van der Waals surface area contributed by atoms with Crippen molar-refractivity contribution in [2.24, 2.45) is 0 Å². The van der Waals surface area contributed by atoms with Crippen LogP contribution in [0, 0.1) is 24.0 Å². The number of nitrogens with zero attached hydrogens (tertiary/aromatic N) is 3. The summed E-state index contributed by atoms with van der Waals surface area (Å²) in [6.07, 6.45) is 1.63. The predicted molar refractivity (Wildman–Crippen MR) is 74.2 cm³/mol. The fourth-order valence-corrected chi connectivity index (χ4v) is 1.57. The average Bonchev–Trinajstić information content (AvgIpc) is 2.43. The van der Waals surface area contributed by atoms with Gasteiger partial charge in [-0.05, 0) is 25.5 Å². The molecule has 0 amide bonds. The molecule has 0 bridgehead atoms. The van der Waals surface area contributed by atoms with Gasteiger partial charge in [0.1, 0.15) is 5.75 Å². The van der Waals surface area contributed by atoms with E-state index in [9.17, 15) is 10.1 Å². The number of benzene rings is 1. The third-order valence-electron chi connectivity index (χ3n) is 2.74. The molecule has 0 spiro atoms. The van der Waals surface area contributed by atoms with Crippen LogP contribution in [0.1, 0.15) is 11.1 Å². The molecule has 0 unspecified atom stereocenters. The second-order valence-electron chi connectivity index (χ2n) is 4.24. The topological polar surface area (TPSA) is 90.2 Å². The van der Waals surface area contributed by atoms with Gasteiger partial charge in [-0.3, -0.25) is 10.1 Å². The van der Waals surface area contributed by atoms with E-state index in [0.717, 1.165) is 11.1 Å². The van der Waals surface area contributed by atoms with Gasteiger partial charge in [-0.15, -0.1) is 0 Å². The number of nitrogens with one attached hydrogen (secondary N) is 1. The van der Waals surface area contributed by atoms with Crippen LogP contribution in [0.2, 0.25) is 0 Å². The van der Waals surface area contributed by atoms with Crippen molar-refractivity contribution in [1.82, 2.24) is 9.97 Å². The molecule has 0 radical (unpaired) electrons. The standard InChI is InChI=1S/C13H14N4O3/c1-8-4-5-10(17(18)19)6-11(8)20-12-9(2)7-15-13(14-3)16-12/h4-7H,1-3H3,(H,14,15,16). The molecule has 0 saturated carbocycles. The maximum atomic E-state index is 10.8. The highest BCUT2D eigenvalue weighted by atomic mass is 16.6. The Morgan fingerprint density at radius 1 is 1.30 bits per heavy atom. The van der Waals surface area contributed by atoms with E-state index in [4.69, 9.17) is 4.74 Å². The Kier molecular flexibility index (Phi) is 3.79. The van der Waals surface area contributed by atoms with Gasteiger partial charge in [0, 0.05) is 24.9 Å². The maximum absolute atomic E-state index is 10.8. The molecule has 1 heterocycles. The number of anilines is 1. The van der Waals surface area contributed by atoms with Gasteiger partial charge in [-0.25, -0.2) is 4.98 Å². The van der Waals surface area contributed by atoms with Crippen molar-refractivity contribution in [3.8, 4) is 11.6 Å². The van der Waals surface area contributed by atoms with Crippen LogP contribution in [0.4, 0.5) is 11.6 Å². The summed E-state index contributed by atoms with van der Waals surface area (Å²) in [6.45, 7) is 3.62. The summed E-state index contributed by atoms with van der Waals surface area (Å²) in [7, 11) is 1.70. The summed E-state index contributed by atoms with van der Waals surface area (Å²) >= 11 is 0. The van der Waals surface area contributed by atoms with E-state index in [0.29, 0.717) is 17.6 Å². The van der Waals surface area contributed by atoms with Gasteiger partial charge < -0.3 is 10.1 Å². The lowest BCUT2D eigenvalue weighted by molar-refractivity contribution is -0.384. The predicted octanol–water partition coefficient (Wildman–Crippen LogP) is 2.84. The molecule has 2 aromatic rings. The highest BCUT2D eigenvalue weighted by Gasteiger charge is 2.12. The second kappa shape index (κ2) is 5.52. The van der Waals surface area contributed by atoms with Crippen LogP contribution >= 0.6 is 0 Å². The molecular weight excluding hydrogens is 260 g/mol. The van der Waals surface area contributed by atoms with E-state index < -0.39 is 4.92 Å². The first kappa shape index (κ1) is 13.7. The Balaban J connectivity index is 2.38. The minimum absolute atomic E-state index is 0.0221. The van der Waals surface area contributed by atoms with Gasteiger partial charge >= 0.3 is 0 Å². The summed E-state index contributed by atoms with van der Waals surface area (Å²) in [6, 6.07) is 4.47. The summed E-state index contributed by atoms with van der Waals surface area (Å²) < 4.78 is 5.68. The number of nitro groups is 1. The molecule has 0 aliphatic rings. The number of nitro benzene ring substituents is 1. The largest absolute Gasteiger partial charge is 0.438 e. The average molecular weight is 274 g/mol. The van der Waals surface area contributed by atoms with Crippen molar-refractivity contribution in [2.45, 2.75) is 13.8 Å². The van der Waals surface area contributed by atoms with Crippen LogP contribution in [0.15, 0.2) is 24.4 Å². The first-order valence-electron chi connectivity index (χ1n) is 5.95. The van der Waals surface area contributed by atoms with E-state index >= 15 is 0 Å². The van der Waals surface area contributed by atoms with E-state index in [2.05, 4.69) is 15.3 Å². The molecule has 104 valence electrons.